The predicted octanol–water partition coefficient (Wildman–Crippen LogP) is 0.844. The van der Waals surface area contributed by atoms with Crippen LogP contribution in [0, 0.1) is 5.82 Å². The number of carbonyl (C=O) groups is 2. The molecule has 0 aliphatic heterocycles. The van der Waals surface area contributed by atoms with E-state index in [1.807, 2.05) is 0 Å². The van der Waals surface area contributed by atoms with Crippen molar-refractivity contribution in [3.8, 4) is 0 Å². The quantitative estimate of drug-likeness (QED) is 0.582. The van der Waals surface area contributed by atoms with Gasteiger partial charge in [0, 0.05) is 47.3 Å². The molecule has 134 valence electrons. The smallest absolute Gasteiger partial charge is 0.315 e. The maximum Gasteiger partial charge on any atom is 0.315 e. The zero-order valence-corrected chi connectivity index (χ0v) is 14.3. The molecule has 3 N–H and O–H groups in total. The summed E-state index contributed by atoms with van der Waals surface area (Å²) in [6, 6.07) is 4.40. The van der Waals surface area contributed by atoms with Gasteiger partial charge in [-0.2, -0.15) is 0 Å². The molecule has 0 heterocycles. The molecule has 1 rings (SSSR count). The number of methoxy groups -OCH3 is 1. The third kappa shape index (κ3) is 7.28. The molecule has 0 unspecified atom stereocenters. The van der Waals surface area contributed by atoms with Gasteiger partial charge in [-0.1, -0.05) is 6.07 Å². The van der Waals surface area contributed by atoms with Crippen molar-refractivity contribution in [3.63, 3.8) is 0 Å². The molecule has 7 nitrogen and oxygen atoms in total. The van der Waals surface area contributed by atoms with E-state index in [0.717, 1.165) is 0 Å². The van der Waals surface area contributed by atoms with Crippen LogP contribution in [-0.4, -0.2) is 52.8 Å². The van der Waals surface area contributed by atoms with Crippen LogP contribution < -0.4 is 20.9 Å². The second-order valence-electron chi connectivity index (χ2n) is 5.38. The van der Waals surface area contributed by atoms with Crippen LogP contribution in [0.15, 0.2) is 18.2 Å². The Morgan fingerprint density at radius 2 is 1.92 bits per heavy atom. The minimum absolute atomic E-state index is 0.159. The lowest BCUT2D eigenvalue weighted by atomic mass is 10.2. The highest BCUT2D eigenvalue weighted by molar-refractivity contribution is 5.78. The second kappa shape index (κ2) is 10.4. The van der Waals surface area contributed by atoms with Crippen molar-refractivity contribution in [1.82, 2.24) is 16.0 Å². The largest absolute Gasteiger partial charge is 0.383 e. The molecule has 0 radical (unpaired) electrons. The van der Waals surface area contributed by atoms with Crippen molar-refractivity contribution in [1.29, 1.82) is 0 Å². The molecule has 0 spiro atoms. The number of rotatable bonds is 9. The highest BCUT2D eigenvalue weighted by Crippen LogP contribution is 2.18. The minimum atomic E-state index is -0.406. The Balaban J connectivity index is 2.26. The van der Waals surface area contributed by atoms with E-state index in [9.17, 15) is 14.0 Å². The van der Waals surface area contributed by atoms with Crippen molar-refractivity contribution >= 4 is 17.6 Å². The fraction of sp³-hybridized carbons (Fsp3) is 0.500. The molecule has 0 atom stereocenters. The van der Waals surface area contributed by atoms with Crippen LogP contribution in [0.3, 0.4) is 0 Å². The molecular weight excluding hydrogens is 315 g/mol. The first-order chi connectivity index (χ1) is 11.4. The highest BCUT2D eigenvalue weighted by Gasteiger charge is 2.07. The molecule has 0 fully saturated rings. The molecule has 24 heavy (non-hydrogen) atoms. The Morgan fingerprint density at radius 1 is 1.17 bits per heavy atom. The normalized spacial score (nSPS) is 10.2. The van der Waals surface area contributed by atoms with E-state index in [2.05, 4.69) is 16.0 Å². The van der Waals surface area contributed by atoms with Crippen LogP contribution in [-0.2, 0) is 16.1 Å². The molecule has 0 aliphatic carbocycles. The summed E-state index contributed by atoms with van der Waals surface area (Å²) in [5.41, 5.74) is 1.15. The van der Waals surface area contributed by atoms with E-state index in [1.165, 1.54) is 6.07 Å². The molecule has 0 saturated heterocycles. The Hall–Kier alpha value is -2.35. The molecule has 0 aromatic heterocycles. The number of ether oxygens (including phenoxy) is 1. The monoisotopic (exact) mass is 340 g/mol. The van der Waals surface area contributed by atoms with Gasteiger partial charge in [-0.15, -0.1) is 0 Å². The second-order valence-corrected chi connectivity index (χ2v) is 5.38. The summed E-state index contributed by atoms with van der Waals surface area (Å²) >= 11 is 0. The molecule has 0 bridgehead atoms. The number of hydrogen-bond donors (Lipinski definition) is 3. The van der Waals surface area contributed by atoms with Gasteiger partial charge >= 0.3 is 6.03 Å². The number of nitrogens with one attached hydrogen (secondary N) is 3. The summed E-state index contributed by atoms with van der Waals surface area (Å²) in [6.45, 7) is 1.31. The van der Waals surface area contributed by atoms with Crippen LogP contribution >= 0.6 is 0 Å². The first-order valence-electron chi connectivity index (χ1n) is 7.67. The number of hydrogen-bond acceptors (Lipinski definition) is 4. The summed E-state index contributed by atoms with van der Waals surface area (Å²) in [5, 5.41) is 7.85. The summed E-state index contributed by atoms with van der Waals surface area (Å²) < 4.78 is 18.6. The average molecular weight is 340 g/mol. The van der Waals surface area contributed by atoms with Gasteiger partial charge < -0.3 is 25.6 Å². The SMILES string of the molecule is COCCNC(=O)CCNC(=O)NCc1ccc(N(C)C)c(F)c1. The number of amides is 3. The van der Waals surface area contributed by atoms with Gasteiger partial charge in [-0.3, -0.25) is 4.79 Å². The molecular formula is C16H25FN4O3. The van der Waals surface area contributed by atoms with E-state index >= 15 is 0 Å². The number of halogens is 1. The van der Waals surface area contributed by atoms with Crippen molar-refractivity contribution in [2.75, 3.05) is 45.8 Å². The summed E-state index contributed by atoms with van der Waals surface area (Å²) in [6.07, 6.45) is 0.184. The summed E-state index contributed by atoms with van der Waals surface area (Å²) in [5.74, 6) is -0.499. The number of anilines is 1. The first-order valence-corrected chi connectivity index (χ1v) is 7.67. The van der Waals surface area contributed by atoms with Gasteiger partial charge in [0.15, 0.2) is 0 Å². The Morgan fingerprint density at radius 3 is 2.54 bits per heavy atom. The van der Waals surface area contributed by atoms with Crippen LogP contribution in [0.5, 0.6) is 0 Å². The number of urea groups is 1. The van der Waals surface area contributed by atoms with E-state index in [1.54, 1.807) is 38.2 Å². The Bertz CT molecular complexity index is 552. The summed E-state index contributed by atoms with van der Waals surface area (Å²) in [4.78, 5) is 24.7. The lowest BCUT2D eigenvalue weighted by Crippen LogP contribution is -2.37. The zero-order valence-electron chi connectivity index (χ0n) is 14.3. The van der Waals surface area contributed by atoms with E-state index in [0.29, 0.717) is 24.4 Å². The topological polar surface area (TPSA) is 82.7 Å². The molecule has 1 aromatic carbocycles. The number of nitrogens with zero attached hydrogens (tertiary/aromatic N) is 1. The van der Waals surface area contributed by atoms with Crippen molar-refractivity contribution in [2.45, 2.75) is 13.0 Å². The average Bonchev–Trinajstić information content (AvgIpc) is 2.53. The van der Waals surface area contributed by atoms with E-state index in [-0.39, 0.29) is 31.2 Å². The highest BCUT2D eigenvalue weighted by atomic mass is 19.1. The first kappa shape index (κ1) is 19.7. The maximum atomic E-state index is 13.8. The Labute approximate surface area is 141 Å². The lowest BCUT2D eigenvalue weighted by molar-refractivity contribution is -0.121. The van der Waals surface area contributed by atoms with Gasteiger partial charge in [0.05, 0.1) is 12.3 Å². The fourth-order valence-corrected chi connectivity index (χ4v) is 1.94. The molecule has 8 heteroatoms. The fourth-order valence-electron chi connectivity index (χ4n) is 1.94. The third-order valence-electron chi connectivity index (χ3n) is 3.21. The van der Waals surface area contributed by atoms with Crippen LogP contribution in [0.2, 0.25) is 0 Å². The zero-order chi connectivity index (χ0) is 17.9. The van der Waals surface area contributed by atoms with Crippen molar-refractivity contribution in [3.05, 3.63) is 29.6 Å². The van der Waals surface area contributed by atoms with Crippen LogP contribution in [0.1, 0.15) is 12.0 Å². The number of benzene rings is 1. The van der Waals surface area contributed by atoms with Crippen LogP contribution in [0.4, 0.5) is 14.9 Å². The Kier molecular flexibility index (Phi) is 8.56. The van der Waals surface area contributed by atoms with Gasteiger partial charge in [-0.05, 0) is 17.7 Å². The molecule has 0 saturated carbocycles. The summed E-state index contributed by atoms with van der Waals surface area (Å²) in [7, 11) is 5.07. The van der Waals surface area contributed by atoms with Gasteiger partial charge in [-0.25, -0.2) is 9.18 Å². The lowest BCUT2D eigenvalue weighted by Gasteiger charge is -2.14. The van der Waals surface area contributed by atoms with E-state index < -0.39 is 6.03 Å². The van der Waals surface area contributed by atoms with Gasteiger partial charge in [0.1, 0.15) is 5.82 Å². The number of carbonyl (C=O) groups excluding carboxylic acids is 2. The molecule has 3 amide bonds. The van der Waals surface area contributed by atoms with Crippen molar-refractivity contribution in [2.24, 2.45) is 0 Å². The molecule has 0 aliphatic rings. The molecule has 1 aromatic rings. The minimum Gasteiger partial charge on any atom is -0.383 e. The standard InChI is InChI=1S/C16H25FN4O3/c1-21(2)14-5-4-12(10-13(14)17)11-20-16(23)19-7-6-15(22)18-8-9-24-3/h4-5,10H,6-9,11H2,1-3H3,(H,18,22)(H2,19,20,23). The van der Waals surface area contributed by atoms with Gasteiger partial charge in [0.25, 0.3) is 0 Å². The van der Waals surface area contributed by atoms with Crippen LogP contribution in [0.25, 0.3) is 0 Å². The van der Waals surface area contributed by atoms with E-state index in [4.69, 9.17) is 4.74 Å². The maximum absolute atomic E-state index is 13.8. The predicted molar refractivity (Wildman–Crippen MR) is 90.5 cm³/mol. The van der Waals surface area contributed by atoms with Gasteiger partial charge in [0.2, 0.25) is 5.91 Å². The van der Waals surface area contributed by atoms with Crippen molar-refractivity contribution < 1.29 is 18.7 Å². The third-order valence-corrected chi connectivity index (χ3v) is 3.21.